The molecule has 2 amide bonds. The summed E-state index contributed by atoms with van der Waals surface area (Å²) < 4.78 is 5.33. The summed E-state index contributed by atoms with van der Waals surface area (Å²) in [5.41, 5.74) is 2.33. The highest BCUT2D eigenvalue weighted by atomic mass is 16.6. The molecule has 3 aromatic rings. The standard InChI is InChI=1S/C30H39N5O4/c1-30(2,3)39-29(38)34-18-21-10-8-20(9-11-21)17-33-28(37)24-16-26(35-25-7-5-4-6-23(24)25)22-12-13-27(32-19-22)31-14-15-36/h4-7,12-13,16,19-21,36H,8-11,14-15,17-18H2,1-3H3,(H,31,32)(H,33,37)(H,34,38). The van der Waals surface area contributed by atoms with E-state index >= 15 is 0 Å². The number of fused-ring (bicyclic) bond motifs is 1. The molecule has 39 heavy (non-hydrogen) atoms. The summed E-state index contributed by atoms with van der Waals surface area (Å²) in [5, 5.41) is 18.9. The number of para-hydroxylation sites is 1. The van der Waals surface area contributed by atoms with Gasteiger partial charge in [0.1, 0.15) is 11.4 Å². The fourth-order valence-electron chi connectivity index (χ4n) is 4.86. The van der Waals surface area contributed by atoms with E-state index in [4.69, 9.17) is 14.8 Å². The van der Waals surface area contributed by atoms with Gasteiger partial charge in [0.25, 0.3) is 5.91 Å². The maximum absolute atomic E-state index is 13.4. The predicted molar refractivity (Wildman–Crippen MR) is 153 cm³/mol. The van der Waals surface area contributed by atoms with Gasteiger partial charge in [-0.25, -0.2) is 14.8 Å². The van der Waals surface area contributed by atoms with Crippen LogP contribution in [0.5, 0.6) is 0 Å². The maximum atomic E-state index is 13.4. The third-order valence-electron chi connectivity index (χ3n) is 6.89. The van der Waals surface area contributed by atoms with E-state index in [-0.39, 0.29) is 18.6 Å². The van der Waals surface area contributed by atoms with E-state index < -0.39 is 5.60 Å². The Hall–Kier alpha value is -3.72. The molecule has 0 atom stereocenters. The lowest BCUT2D eigenvalue weighted by atomic mass is 9.82. The largest absolute Gasteiger partial charge is 0.444 e. The van der Waals surface area contributed by atoms with Crippen molar-refractivity contribution < 1.29 is 19.4 Å². The lowest BCUT2D eigenvalue weighted by molar-refractivity contribution is 0.0512. The number of hydrogen-bond donors (Lipinski definition) is 4. The van der Waals surface area contributed by atoms with E-state index in [2.05, 4.69) is 20.9 Å². The zero-order chi connectivity index (χ0) is 27.8. The first-order chi connectivity index (χ1) is 18.7. The van der Waals surface area contributed by atoms with E-state index in [1.807, 2.05) is 63.2 Å². The number of carbonyl (C=O) groups excluding carboxylic acids is 2. The molecule has 208 valence electrons. The number of carbonyl (C=O) groups is 2. The Morgan fingerprint density at radius 2 is 1.69 bits per heavy atom. The average Bonchev–Trinajstić information content (AvgIpc) is 2.93. The van der Waals surface area contributed by atoms with Gasteiger partial charge in [-0.3, -0.25) is 4.79 Å². The lowest BCUT2D eigenvalue weighted by Crippen LogP contribution is -2.37. The molecule has 0 radical (unpaired) electrons. The second kappa shape index (κ2) is 12.9. The van der Waals surface area contributed by atoms with Gasteiger partial charge in [-0.05, 0) is 82.6 Å². The molecule has 4 rings (SSSR count). The van der Waals surface area contributed by atoms with Crippen molar-refractivity contribution in [2.24, 2.45) is 11.8 Å². The molecule has 1 saturated carbocycles. The molecule has 2 aromatic heterocycles. The van der Waals surface area contributed by atoms with Crippen LogP contribution < -0.4 is 16.0 Å². The van der Waals surface area contributed by atoms with Crippen LogP contribution in [-0.4, -0.2) is 58.9 Å². The van der Waals surface area contributed by atoms with Crippen LogP contribution >= 0.6 is 0 Å². The van der Waals surface area contributed by atoms with Gasteiger partial charge in [-0.2, -0.15) is 0 Å². The van der Waals surface area contributed by atoms with Crippen molar-refractivity contribution in [2.45, 2.75) is 52.1 Å². The molecule has 0 saturated heterocycles. The summed E-state index contributed by atoms with van der Waals surface area (Å²) >= 11 is 0. The molecule has 0 bridgehead atoms. The number of hydrogen-bond acceptors (Lipinski definition) is 7. The van der Waals surface area contributed by atoms with Crippen LogP contribution in [0.2, 0.25) is 0 Å². The number of amides is 2. The first-order valence-corrected chi connectivity index (χ1v) is 13.7. The minimum absolute atomic E-state index is 0.0286. The Labute approximate surface area is 229 Å². The Balaban J connectivity index is 1.35. The number of aromatic nitrogens is 2. The van der Waals surface area contributed by atoms with Crippen LogP contribution in [0.3, 0.4) is 0 Å². The molecule has 1 aromatic carbocycles. The molecule has 1 aliphatic carbocycles. The number of aliphatic hydroxyl groups is 1. The number of aliphatic hydroxyl groups excluding tert-OH is 1. The molecule has 4 N–H and O–H groups in total. The molecule has 0 spiro atoms. The van der Waals surface area contributed by atoms with Gasteiger partial charge in [0.2, 0.25) is 0 Å². The Bertz CT molecular complexity index is 1260. The minimum Gasteiger partial charge on any atom is -0.444 e. The van der Waals surface area contributed by atoms with Crippen LogP contribution in [0, 0.1) is 11.8 Å². The summed E-state index contributed by atoms with van der Waals surface area (Å²) in [6.07, 6.45) is 5.38. The predicted octanol–water partition coefficient (Wildman–Crippen LogP) is 4.76. The Morgan fingerprint density at radius 1 is 1.00 bits per heavy atom. The molecule has 2 heterocycles. The fourth-order valence-corrected chi connectivity index (χ4v) is 4.86. The quantitative estimate of drug-likeness (QED) is 0.312. The van der Waals surface area contributed by atoms with Crippen LogP contribution in [0.15, 0.2) is 48.7 Å². The molecule has 9 heteroatoms. The van der Waals surface area contributed by atoms with Gasteiger partial charge >= 0.3 is 6.09 Å². The van der Waals surface area contributed by atoms with Gasteiger partial charge in [0, 0.05) is 36.8 Å². The number of ether oxygens (including phenoxy) is 1. The number of benzene rings is 1. The van der Waals surface area contributed by atoms with Gasteiger partial charge in [0.15, 0.2) is 0 Å². The van der Waals surface area contributed by atoms with Crippen molar-refractivity contribution in [3.05, 3.63) is 54.2 Å². The molecule has 0 aliphatic heterocycles. The molecule has 9 nitrogen and oxygen atoms in total. The highest BCUT2D eigenvalue weighted by Crippen LogP contribution is 2.29. The van der Waals surface area contributed by atoms with Crippen LogP contribution in [0.4, 0.5) is 10.6 Å². The lowest BCUT2D eigenvalue weighted by Gasteiger charge is -2.29. The zero-order valence-corrected chi connectivity index (χ0v) is 23.0. The Morgan fingerprint density at radius 3 is 2.33 bits per heavy atom. The molecule has 1 aliphatic rings. The van der Waals surface area contributed by atoms with E-state index in [1.165, 1.54) is 0 Å². The monoisotopic (exact) mass is 533 g/mol. The van der Waals surface area contributed by atoms with Gasteiger partial charge in [-0.15, -0.1) is 0 Å². The minimum atomic E-state index is -0.500. The molecule has 1 fully saturated rings. The highest BCUT2D eigenvalue weighted by molar-refractivity contribution is 6.07. The average molecular weight is 534 g/mol. The van der Waals surface area contributed by atoms with Crippen LogP contribution in [-0.2, 0) is 4.74 Å². The summed E-state index contributed by atoms with van der Waals surface area (Å²) in [7, 11) is 0. The smallest absolute Gasteiger partial charge is 0.407 e. The van der Waals surface area contributed by atoms with Crippen molar-refractivity contribution in [1.82, 2.24) is 20.6 Å². The molecular formula is C30H39N5O4. The molecule has 0 unspecified atom stereocenters. The number of anilines is 1. The third-order valence-corrected chi connectivity index (χ3v) is 6.89. The zero-order valence-electron chi connectivity index (χ0n) is 23.0. The normalized spacial score (nSPS) is 17.4. The second-order valence-corrected chi connectivity index (χ2v) is 11.1. The third kappa shape index (κ3) is 8.13. The fraction of sp³-hybridized carbons (Fsp3) is 0.467. The number of nitrogens with zero attached hydrogens (tertiary/aromatic N) is 2. The van der Waals surface area contributed by atoms with Crippen LogP contribution in [0.25, 0.3) is 22.2 Å². The van der Waals surface area contributed by atoms with Gasteiger partial charge < -0.3 is 25.8 Å². The van der Waals surface area contributed by atoms with E-state index in [1.54, 1.807) is 6.20 Å². The van der Waals surface area contributed by atoms with Gasteiger partial charge in [-0.1, -0.05) is 18.2 Å². The second-order valence-electron chi connectivity index (χ2n) is 11.1. The van der Waals surface area contributed by atoms with Crippen molar-refractivity contribution in [3.8, 4) is 11.3 Å². The summed E-state index contributed by atoms with van der Waals surface area (Å²) in [4.78, 5) is 34.5. The highest BCUT2D eigenvalue weighted by Gasteiger charge is 2.24. The number of alkyl carbamates (subject to hydrolysis) is 1. The van der Waals surface area contributed by atoms with E-state index in [0.29, 0.717) is 48.5 Å². The van der Waals surface area contributed by atoms with Gasteiger partial charge in [0.05, 0.1) is 23.4 Å². The topological polar surface area (TPSA) is 125 Å². The summed E-state index contributed by atoms with van der Waals surface area (Å²) in [6, 6.07) is 13.2. The van der Waals surface area contributed by atoms with E-state index in [0.717, 1.165) is 42.1 Å². The maximum Gasteiger partial charge on any atom is 0.407 e. The Kier molecular flexibility index (Phi) is 9.35. The number of pyridine rings is 2. The number of rotatable bonds is 9. The first-order valence-electron chi connectivity index (χ1n) is 13.7. The van der Waals surface area contributed by atoms with Crippen molar-refractivity contribution in [1.29, 1.82) is 0 Å². The van der Waals surface area contributed by atoms with Crippen molar-refractivity contribution in [2.75, 3.05) is 31.6 Å². The van der Waals surface area contributed by atoms with E-state index in [9.17, 15) is 9.59 Å². The van der Waals surface area contributed by atoms with Crippen molar-refractivity contribution >= 4 is 28.7 Å². The molecular weight excluding hydrogens is 494 g/mol. The SMILES string of the molecule is CC(C)(C)OC(=O)NCC1CCC(CNC(=O)c2cc(-c3ccc(NCCO)nc3)nc3ccccc23)CC1. The summed E-state index contributed by atoms with van der Waals surface area (Å²) in [5.74, 6) is 1.39. The first kappa shape index (κ1) is 28.3. The van der Waals surface area contributed by atoms with Crippen LogP contribution in [0.1, 0.15) is 56.8 Å². The summed E-state index contributed by atoms with van der Waals surface area (Å²) in [6.45, 7) is 7.26. The number of nitrogens with one attached hydrogen (secondary N) is 3. The van der Waals surface area contributed by atoms with Crippen molar-refractivity contribution in [3.63, 3.8) is 0 Å².